The van der Waals surface area contributed by atoms with Crippen molar-refractivity contribution in [2.75, 3.05) is 24.5 Å². The van der Waals surface area contributed by atoms with E-state index in [0.717, 1.165) is 54.8 Å². The van der Waals surface area contributed by atoms with E-state index < -0.39 is 11.7 Å². The Balaban J connectivity index is 1.38. The van der Waals surface area contributed by atoms with Crippen molar-refractivity contribution in [2.24, 2.45) is 5.92 Å². The van der Waals surface area contributed by atoms with Crippen LogP contribution in [0.15, 0.2) is 53.8 Å². The molecule has 2 fully saturated rings. The molecular formula is C30H37F3N2O3. The third-order valence-electron chi connectivity index (χ3n) is 7.55. The highest BCUT2D eigenvalue weighted by atomic mass is 19.4. The zero-order chi connectivity index (χ0) is 27.6. The Hall–Kier alpha value is -3.16. The number of ether oxygens (including phenoxy) is 2. The van der Waals surface area contributed by atoms with Gasteiger partial charge in [0.25, 0.3) is 5.91 Å². The molecule has 2 heterocycles. The van der Waals surface area contributed by atoms with Crippen LogP contribution < -0.4 is 14.4 Å². The van der Waals surface area contributed by atoms with Crippen LogP contribution in [-0.4, -0.2) is 42.6 Å². The van der Waals surface area contributed by atoms with Crippen LogP contribution in [0.1, 0.15) is 58.1 Å². The van der Waals surface area contributed by atoms with Gasteiger partial charge in [-0.2, -0.15) is 13.2 Å². The molecule has 2 unspecified atom stereocenters. The number of piperidine rings is 1. The molecule has 206 valence electrons. The van der Waals surface area contributed by atoms with Crippen LogP contribution in [-0.2, 0) is 11.0 Å². The number of anilines is 1. The Bertz CT molecular complexity index is 1160. The van der Waals surface area contributed by atoms with Gasteiger partial charge in [0.2, 0.25) is 0 Å². The Kier molecular flexibility index (Phi) is 8.28. The highest BCUT2D eigenvalue weighted by Gasteiger charge is 2.39. The van der Waals surface area contributed by atoms with Crippen molar-refractivity contribution in [3.63, 3.8) is 0 Å². The Labute approximate surface area is 223 Å². The molecule has 0 saturated carbocycles. The number of nitrogens with zero attached hydrogens (tertiary/aromatic N) is 2. The maximum atomic E-state index is 13.3. The summed E-state index contributed by atoms with van der Waals surface area (Å²) in [5, 5.41) is 0. The lowest BCUT2D eigenvalue weighted by atomic mass is 9.88. The molecule has 0 radical (unpaired) electrons. The third kappa shape index (κ3) is 6.11. The minimum absolute atomic E-state index is 0.0197. The summed E-state index contributed by atoms with van der Waals surface area (Å²) in [4.78, 5) is 17.2. The number of rotatable bonds is 7. The van der Waals surface area contributed by atoms with Crippen LogP contribution >= 0.6 is 0 Å². The molecule has 0 bridgehead atoms. The predicted molar refractivity (Wildman–Crippen MR) is 142 cm³/mol. The van der Waals surface area contributed by atoms with E-state index in [1.165, 1.54) is 12.1 Å². The molecule has 0 N–H and O–H groups in total. The van der Waals surface area contributed by atoms with Crippen molar-refractivity contribution in [1.29, 1.82) is 0 Å². The number of carbonyl (C=O) groups excluding carboxylic acids is 1. The molecular weight excluding hydrogens is 493 g/mol. The average molecular weight is 531 g/mol. The van der Waals surface area contributed by atoms with E-state index in [0.29, 0.717) is 36.3 Å². The van der Waals surface area contributed by atoms with Crippen LogP contribution in [0.4, 0.5) is 18.9 Å². The summed E-state index contributed by atoms with van der Waals surface area (Å²) in [6, 6.07) is 11.2. The number of alkyl halides is 3. The lowest BCUT2D eigenvalue weighted by molar-refractivity contribution is -0.141. The SMILES string of the molecule is CCC1C(C)CN1C(=O)C(Oc1cc(OC2CCN(c3ccc(C(F)(F)F)cc3)CC2)ccc1C)=C(C)C. The molecule has 0 aromatic heterocycles. The highest BCUT2D eigenvalue weighted by molar-refractivity contribution is 5.93. The van der Waals surface area contributed by atoms with Crippen molar-refractivity contribution >= 4 is 11.6 Å². The molecule has 0 spiro atoms. The van der Waals surface area contributed by atoms with Gasteiger partial charge in [-0.1, -0.05) is 19.9 Å². The molecule has 2 atom stereocenters. The first-order chi connectivity index (χ1) is 18.0. The lowest BCUT2D eigenvalue weighted by Gasteiger charge is -2.46. The first-order valence-corrected chi connectivity index (χ1v) is 13.3. The molecule has 0 aliphatic carbocycles. The first-order valence-electron chi connectivity index (χ1n) is 13.3. The zero-order valence-corrected chi connectivity index (χ0v) is 22.8. The van der Waals surface area contributed by atoms with Crippen LogP contribution in [0.25, 0.3) is 0 Å². The van der Waals surface area contributed by atoms with E-state index in [1.54, 1.807) is 0 Å². The number of halogens is 3. The summed E-state index contributed by atoms with van der Waals surface area (Å²) < 4.78 is 51.1. The number of amides is 1. The number of carbonyl (C=O) groups is 1. The second-order valence-corrected chi connectivity index (χ2v) is 10.6. The lowest BCUT2D eigenvalue weighted by Crippen LogP contribution is -2.58. The fourth-order valence-electron chi connectivity index (χ4n) is 5.24. The van der Waals surface area contributed by atoms with E-state index in [4.69, 9.17) is 9.47 Å². The molecule has 2 aromatic rings. The van der Waals surface area contributed by atoms with Crippen molar-refractivity contribution in [1.82, 2.24) is 4.90 Å². The number of allylic oxidation sites excluding steroid dienone is 1. The van der Waals surface area contributed by atoms with Crippen LogP contribution in [0.5, 0.6) is 11.5 Å². The molecule has 5 nitrogen and oxygen atoms in total. The van der Waals surface area contributed by atoms with Crippen molar-refractivity contribution < 1.29 is 27.4 Å². The fourth-order valence-corrected chi connectivity index (χ4v) is 5.24. The van der Waals surface area contributed by atoms with Gasteiger partial charge in [0.15, 0.2) is 5.76 Å². The van der Waals surface area contributed by atoms with E-state index in [9.17, 15) is 18.0 Å². The molecule has 4 rings (SSSR count). The standard InChI is InChI=1S/C30H37F3N2O3/c1-6-26-21(5)18-35(26)29(36)28(19(2)3)38-27-17-25(12-7-20(27)4)37-24-13-15-34(16-14-24)23-10-8-22(9-11-23)30(31,32)33/h7-12,17,21,24,26H,6,13-16,18H2,1-5H3. The van der Waals surface area contributed by atoms with E-state index in [-0.39, 0.29) is 18.1 Å². The molecule has 38 heavy (non-hydrogen) atoms. The van der Waals surface area contributed by atoms with Crippen LogP contribution in [0.2, 0.25) is 0 Å². The summed E-state index contributed by atoms with van der Waals surface area (Å²) in [6.07, 6.45) is -1.94. The predicted octanol–water partition coefficient (Wildman–Crippen LogP) is 6.99. The van der Waals surface area contributed by atoms with Gasteiger partial charge in [0.05, 0.1) is 5.56 Å². The molecule has 1 amide bonds. The summed E-state index contributed by atoms with van der Waals surface area (Å²) in [5.74, 6) is 2.04. The van der Waals surface area contributed by atoms with Crippen molar-refractivity contribution in [3.05, 3.63) is 64.9 Å². The summed E-state index contributed by atoms with van der Waals surface area (Å²) in [5.41, 5.74) is 1.87. The Morgan fingerprint density at radius 2 is 1.71 bits per heavy atom. The van der Waals surface area contributed by atoms with Crippen LogP contribution in [0.3, 0.4) is 0 Å². The van der Waals surface area contributed by atoms with Gasteiger partial charge in [-0.25, -0.2) is 0 Å². The number of hydrogen-bond acceptors (Lipinski definition) is 4. The van der Waals surface area contributed by atoms with Gasteiger partial charge < -0.3 is 19.3 Å². The maximum Gasteiger partial charge on any atom is 0.416 e. The number of likely N-dealkylation sites (tertiary alicyclic amines) is 1. The molecule has 2 saturated heterocycles. The monoisotopic (exact) mass is 530 g/mol. The summed E-state index contributed by atoms with van der Waals surface area (Å²) in [7, 11) is 0. The molecule has 8 heteroatoms. The number of hydrogen-bond donors (Lipinski definition) is 0. The van der Waals surface area contributed by atoms with Gasteiger partial charge in [-0.05, 0) is 74.6 Å². The smallest absolute Gasteiger partial charge is 0.416 e. The average Bonchev–Trinajstić information content (AvgIpc) is 2.87. The largest absolute Gasteiger partial charge is 0.490 e. The van der Waals surface area contributed by atoms with Gasteiger partial charge >= 0.3 is 6.18 Å². The molecule has 2 aliphatic heterocycles. The third-order valence-corrected chi connectivity index (χ3v) is 7.55. The van der Waals surface area contributed by atoms with Crippen molar-refractivity contribution in [3.8, 4) is 11.5 Å². The minimum Gasteiger partial charge on any atom is -0.490 e. The van der Waals surface area contributed by atoms with E-state index in [1.807, 2.05) is 43.9 Å². The van der Waals surface area contributed by atoms with Gasteiger partial charge in [-0.15, -0.1) is 0 Å². The second kappa shape index (κ2) is 11.3. The number of aryl methyl sites for hydroxylation is 1. The number of benzene rings is 2. The summed E-state index contributed by atoms with van der Waals surface area (Å²) >= 11 is 0. The fraction of sp³-hybridized carbons (Fsp3) is 0.500. The zero-order valence-electron chi connectivity index (χ0n) is 22.8. The molecule has 2 aliphatic rings. The van der Waals surface area contributed by atoms with Crippen molar-refractivity contribution in [2.45, 2.75) is 72.2 Å². The quantitative estimate of drug-likeness (QED) is 0.286. The van der Waals surface area contributed by atoms with Gasteiger partial charge in [0, 0.05) is 50.3 Å². The topological polar surface area (TPSA) is 42.0 Å². The normalized spacial score (nSPS) is 20.1. The van der Waals surface area contributed by atoms with Gasteiger partial charge in [-0.3, -0.25) is 4.79 Å². The Morgan fingerprint density at radius 1 is 1.05 bits per heavy atom. The van der Waals surface area contributed by atoms with Gasteiger partial charge in [0.1, 0.15) is 17.6 Å². The maximum absolute atomic E-state index is 13.3. The van der Waals surface area contributed by atoms with E-state index >= 15 is 0 Å². The first kappa shape index (κ1) is 27.9. The highest BCUT2D eigenvalue weighted by Crippen LogP contribution is 2.34. The minimum atomic E-state index is -4.33. The molecule has 2 aromatic carbocycles. The summed E-state index contributed by atoms with van der Waals surface area (Å²) in [6.45, 7) is 12.1. The van der Waals surface area contributed by atoms with E-state index in [2.05, 4.69) is 18.7 Å². The second-order valence-electron chi connectivity index (χ2n) is 10.6. The van der Waals surface area contributed by atoms with Crippen LogP contribution in [0, 0.1) is 12.8 Å². The Morgan fingerprint density at radius 3 is 2.26 bits per heavy atom.